The molecular weight excluding hydrogens is 248 g/mol. The topological polar surface area (TPSA) is 78.9 Å². The van der Waals surface area contributed by atoms with Gasteiger partial charge in [-0.1, -0.05) is 12.2 Å². The highest BCUT2D eigenvalue weighted by molar-refractivity contribution is 5.76. The molecule has 0 bridgehead atoms. The number of amides is 2. The van der Waals surface area contributed by atoms with Crippen molar-refractivity contribution in [3.8, 4) is 0 Å². The Balaban J connectivity index is 1.90. The lowest BCUT2D eigenvalue weighted by molar-refractivity contribution is -0.139. The van der Waals surface area contributed by atoms with E-state index < -0.39 is 5.97 Å². The lowest BCUT2D eigenvalue weighted by Crippen LogP contribution is -2.55. The normalized spacial score (nSPS) is 27.1. The Morgan fingerprint density at radius 2 is 2.26 bits per heavy atom. The Labute approximate surface area is 112 Å². The number of carbonyl (C=O) groups is 2. The Morgan fingerprint density at radius 3 is 2.95 bits per heavy atom. The van der Waals surface area contributed by atoms with E-state index in [1.54, 1.807) is 4.90 Å². The number of nitrogens with one attached hydrogen (secondary N) is 1. The highest BCUT2D eigenvalue weighted by atomic mass is 16.5. The molecule has 106 valence electrons. The fraction of sp³-hybridized carbons (Fsp3) is 0.692. The number of allylic oxidation sites excluding steroid dienone is 1. The molecular formula is C13H20N2O4. The highest BCUT2D eigenvalue weighted by Gasteiger charge is 2.30. The largest absolute Gasteiger partial charge is 0.481 e. The first-order chi connectivity index (χ1) is 9.16. The van der Waals surface area contributed by atoms with Gasteiger partial charge in [0.2, 0.25) is 0 Å². The molecule has 1 aliphatic carbocycles. The molecule has 2 atom stereocenters. The van der Waals surface area contributed by atoms with E-state index in [-0.39, 0.29) is 24.5 Å². The van der Waals surface area contributed by atoms with Crippen molar-refractivity contribution in [3.63, 3.8) is 0 Å². The molecule has 0 spiro atoms. The minimum Gasteiger partial charge on any atom is -0.481 e. The second-order valence-corrected chi connectivity index (χ2v) is 4.95. The average Bonchev–Trinajstić information content (AvgIpc) is 2.39. The van der Waals surface area contributed by atoms with Gasteiger partial charge in [0.05, 0.1) is 25.7 Å². The van der Waals surface area contributed by atoms with Crippen LogP contribution < -0.4 is 5.32 Å². The quantitative estimate of drug-likeness (QED) is 0.748. The van der Waals surface area contributed by atoms with Gasteiger partial charge in [-0.3, -0.25) is 4.79 Å². The number of hydrogen-bond donors (Lipinski definition) is 2. The Hall–Kier alpha value is -1.56. The summed E-state index contributed by atoms with van der Waals surface area (Å²) in [5.41, 5.74) is 0. The summed E-state index contributed by atoms with van der Waals surface area (Å²) in [7, 11) is 0. The summed E-state index contributed by atoms with van der Waals surface area (Å²) in [6.07, 6.45) is 6.88. The predicted octanol–water partition coefficient (Wildman–Crippen LogP) is 0.980. The van der Waals surface area contributed by atoms with Crippen LogP contribution in [0.25, 0.3) is 0 Å². The Kier molecular flexibility index (Phi) is 4.79. The second-order valence-electron chi connectivity index (χ2n) is 4.95. The number of urea groups is 1. The van der Waals surface area contributed by atoms with Crippen LogP contribution in [-0.2, 0) is 9.53 Å². The summed E-state index contributed by atoms with van der Waals surface area (Å²) in [5.74, 6) is -0.908. The van der Waals surface area contributed by atoms with Crippen LogP contribution in [0.4, 0.5) is 4.79 Å². The lowest BCUT2D eigenvalue weighted by atomic mass is 10.0. The van der Waals surface area contributed by atoms with Gasteiger partial charge >= 0.3 is 12.0 Å². The first kappa shape index (κ1) is 13.9. The van der Waals surface area contributed by atoms with Crippen LogP contribution in [0.5, 0.6) is 0 Å². The van der Waals surface area contributed by atoms with Gasteiger partial charge in [0, 0.05) is 12.6 Å². The van der Waals surface area contributed by atoms with Gasteiger partial charge < -0.3 is 20.1 Å². The summed E-state index contributed by atoms with van der Waals surface area (Å²) < 4.78 is 5.26. The van der Waals surface area contributed by atoms with E-state index in [2.05, 4.69) is 17.5 Å². The van der Waals surface area contributed by atoms with Crippen molar-refractivity contribution in [2.24, 2.45) is 0 Å². The third-order valence-corrected chi connectivity index (χ3v) is 3.50. The van der Waals surface area contributed by atoms with Gasteiger partial charge in [-0.2, -0.15) is 0 Å². The number of aliphatic carboxylic acids is 1. The molecule has 1 aliphatic heterocycles. The summed E-state index contributed by atoms with van der Waals surface area (Å²) >= 11 is 0. The molecule has 1 heterocycles. The van der Waals surface area contributed by atoms with Crippen LogP contribution in [0.2, 0.25) is 0 Å². The van der Waals surface area contributed by atoms with Crippen molar-refractivity contribution in [1.82, 2.24) is 10.2 Å². The maximum atomic E-state index is 12.2. The molecule has 0 aromatic carbocycles. The van der Waals surface area contributed by atoms with E-state index in [4.69, 9.17) is 9.84 Å². The van der Waals surface area contributed by atoms with E-state index in [1.807, 2.05) is 0 Å². The third kappa shape index (κ3) is 3.96. The lowest BCUT2D eigenvalue weighted by Gasteiger charge is -2.36. The maximum absolute atomic E-state index is 12.2. The molecule has 1 saturated heterocycles. The maximum Gasteiger partial charge on any atom is 0.318 e. The van der Waals surface area contributed by atoms with Crippen LogP contribution in [0.1, 0.15) is 25.7 Å². The number of morpholine rings is 1. The van der Waals surface area contributed by atoms with Crippen molar-refractivity contribution in [3.05, 3.63) is 12.2 Å². The van der Waals surface area contributed by atoms with Gasteiger partial charge in [0.25, 0.3) is 0 Å². The number of ether oxygens (including phenoxy) is 1. The molecule has 2 aliphatic rings. The summed E-state index contributed by atoms with van der Waals surface area (Å²) in [6.45, 7) is 1.21. The minimum atomic E-state index is -0.908. The van der Waals surface area contributed by atoms with Gasteiger partial charge in [-0.15, -0.1) is 0 Å². The Morgan fingerprint density at radius 1 is 1.42 bits per heavy atom. The van der Waals surface area contributed by atoms with Crippen molar-refractivity contribution >= 4 is 12.0 Å². The first-order valence-corrected chi connectivity index (χ1v) is 6.68. The molecule has 2 rings (SSSR count). The molecule has 6 nitrogen and oxygen atoms in total. The number of carbonyl (C=O) groups excluding carboxylic acids is 1. The average molecular weight is 268 g/mol. The zero-order chi connectivity index (χ0) is 13.7. The van der Waals surface area contributed by atoms with Gasteiger partial charge in [-0.05, 0) is 19.3 Å². The molecule has 2 N–H and O–H groups in total. The highest BCUT2D eigenvalue weighted by Crippen LogP contribution is 2.14. The monoisotopic (exact) mass is 268 g/mol. The molecule has 19 heavy (non-hydrogen) atoms. The van der Waals surface area contributed by atoms with Crippen LogP contribution in [0, 0.1) is 0 Å². The smallest absolute Gasteiger partial charge is 0.318 e. The van der Waals surface area contributed by atoms with Crippen LogP contribution in [0.15, 0.2) is 12.2 Å². The summed E-state index contributed by atoms with van der Waals surface area (Å²) in [5, 5.41) is 11.8. The second kappa shape index (κ2) is 6.56. The Bertz CT molecular complexity index is 370. The molecule has 2 unspecified atom stereocenters. The van der Waals surface area contributed by atoms with Crippen molar-refractivity contribution in [1.29, 1.82) is 0 Å². The van der Waals surface area contributed by atoms with E-state index in [0.29, 0.717) is 19.8 Å². The molecule has 0 saturated carbocycles. The van der Waals surface area contributed by atoms with E-state index in [0.717, 1.165) is 19.3 Å². The van der Waals surface area contributed by atoms with E-state index in [1.165, 1.54) is 0 Å². The SMILES string of the molecule is O=C(O)CC1COCCN1C(=O)NC1CC=CCC1. The zero-order valence-corrected chi connectivity index (χ0v) is 10.9. The van der Waals surface area contributed by atoms with Gasteiger partial charge in [0.15, 0.2) is 0 Å². The van der Waals surface area contributed by atoms with Crippen molar-refractivity contribution in [2.75, 3.05) is 19.8 Å². The summed E-state index contributed by atoms with van der Waals surface area (Å²) in [6, 6.07) is -0.383. The summed E-state index contributed by atoms with van der Waals surface area (Å²) in [4.78, 5) is 24.6. The number of nitrogens with zero attached hydrogens (tertiary/aromatic N) is 1. The number of carboxylic acid groups (broad SMARTS) is 1. The van der Waals surface area contributed by atoms with E-state index >= 15 is 0 Å². The predicted molar refractivity (Wildman–Crippen MR) is 68.9 cm³/mol. The third-order valence-electron chi connectivity index (χ3n) is 3.50. The first-order valence-electron chi connectivity index (χ1n) is 6.68. The van der Waals surface area contributed by atoms with Crippen LogP contribution in [0.3, 0.4) is 0 Å². The zero-order valence-electron chi connectivity index (χ0n) is 10.9. The number of carboxylic acids is 1. The van der Waals surface area contributed by atoms with Gasteiger partial charge in [-0.25, -0.2) is 4.79 Å². The molecule has 0 radical (unpaired) electrons. The molecule has 0 aromatic heterocycles. The number of hydrogen-bond acceptors (Lipinski definition) is 3. The molecule has 2 amide bonds. The standard InChI is InChI=1S/C13H20N2O4/c16-12(17)8-11-9-19-7-6-15(11)13(18)14-10-4-2-1-3-5-10/h1-2,10-11H,3-9H2,(H,14,18)(H,16,17). The molecule has 0 aromatic rings. The van der Waals surface area contributed by atoms with Crippen molar-refractivity contribution < 1.29 is 19.4 Å². The van der Waals surface area contributed by atoms with Crippen LogP contribution >= 0.6 is 0 Å². The molecule has 6 heteroatoms. The minimum absolute atomic E-state index is 0.0714. The van der Waals surface area contributed by atoms with Crippen LogP contribution in [-0.4, -0.2) is 53.8 Å². The van der Waals surface area contributed by atoms with Gasteiger partial charge in [0.1, 0.15) is 0 Å². The fourth-order valence-corrected chi connectivity index (χ4v) is 2.48. The van der Waals surface area contributed by atoms with Crippen molar-refractivity contribution in [2.45, 2.75) is 37.8 Å². The number of rotatable bonds is 3. The van der Waals surface area contributed by atoms with E-state index in [9.17, 15) is 9.59 Å². The molecule has 1 fully saturated rings. The fourth-order valence-electron chi connectivity index (χ4n) is 2.48.